The second kappa shape index (κ2) is 13.7. The normalized spacial score (nSPS) is 12.5. The fourth-order valence-electron chi connectivity index (χ4n) is 2.04. The standard InChI is InChI=1S/C17H30O4/c1-15(13-14-21-16(2)18)11-9-7-5-3-4-6-8-10-12-17(19)20/h7,9,15H,3-6,8,10-14H2,1-2H3,(H,19,20). The van der Waals surface area contributed by atoms with Crippen LogP contribution in [0.2, 0.25) is 0 Å². The van der Waals surface area contributed by atoms with E-state index in [4.69, 9.17) is 9.84 Å². The SMILES string of the molecule is CC(=O)OCCC(C)CC=CCCCCCCCC(=O)O. The molecule has 1 atom stereocenters. The minimum absolute atomic E-state index is 0.207. The fraction of sp³-hybridized carbons (Fsp3) is 0.765. The second-order valence-electron chi connectivity index (χ2n) is 5.64. The number of carboxylic acids is 1. The Morgan fingerprint density at radius 2 is 1.76 bits per heavy atom. The maximum absolute atomic E-state index is 10.6. The molecule has 0 saturated carbocycles. The van der Waals surface area contributed by atoms with Gasteiger partial charge in [-0.25, -0.2) is 0 Å². The molecule has 0 saturated heterocycles. The highest BCUT2D eigenvalue weighted by Gasteiger charge is 2.01. The van der Waals surface area contributed by atoms with Gasteiger partial charge in [0.1, 0.15) is 0 Å². The lowest BCUT2D eigenvalue weighted by molar-refractivity contribution is -0.141. The van der Waals surface area contributed by atoms with Gasteiger partial charge in [-0.05, 0) is 38.0 Å². The molecule has 0 heterocycles. The van der Waals surface area contributed by atoms with Crippen LogP contribution in [-0.4, -0.2) is 23.7 Å². The molecule has 0 aliphatic carbocycles. The number of carbonyl (C=O) groups is 2. The van der Waals surface area contributed by atoms with E-state index in [0.29, 0.717) is 18.9 Å². The molecule has 21 heavy (non-hydrogen) atoms. The van der Waals surface area contributed by atoms with Gasteiger partial charge in [-0.3, -0.25) is 9.59 Å². The summed E-state index contributed by atoms with van der Waals surface area (Å²) in [6.07, 6.45) is 13.0. The molecule has 0 bridgehead atoms. The van der Waals surface area contributed by atoms with E-state index in [1.54, 1.807) is 0 Å². The van der Waals surface area contributed by atoms with Gasteiger partial charge in [-0.15, -0.1) is 0 Å². The van der Waals surface area contributed by atoms with Crippen molar-refractivity contribution in [1.29, 1.82) is 0 Å². The average molecular weight is 298 g/mol. The molecule has 0 aromatic rings. The van der Waals surface area contributed by atoms with E-state index in [1.165, 1.54) is 19.8 Å². The third-order valence-corrected chi connectivity index (χ3v) is 3.38. The van der Waals surface area contributed by atoms with E-state index in [9.17, 15) is 9.59 Å². The van der Waals surface area contributed by atoms with Gasteiger partial charge >= 0.3 is 11.9 Å². The number of unbranched alkanes of at least 4 members (excludes halogenated alkanes) is 5. The third-order valence-electron chi connectivity index (χ3n) is 3.38. The Bertz CT molecular complexity index is 310. The van der Waals surface area contributed by atoms with Gasteiger partial charge < -0.3 is 9.84 Å². The van der Waals surface area contributed by atoms with Crippen LogP contribution in [0.4, 0.5) is 0 Å². The van der Waals surface area contributed by atoms with Gasteiger partial charge in [0, 0.05) is 13.3 Å². The zero-order valence-corrected chi connectivity index (χ0v) is 13.5. The summed E-state index contributed by atoms with van der Waals surface area (Å²) < 4.78 is 4.92. The van der Waals surface area contributed by atoms with Crippen molar-refractivity contribution in [3.63, 3.8) is 0 Å². The van der Waals surface area contributed by atoms with Gasteiger partial charge in [-0.2, -0.15) is 0 Å². The monoisotopic (exact) mass is 298 g/mol. The molecular formula is C17H30O4. The first-order chi connectivity index (χ1) is 10.0. The van der Waals surface area contributed by atoms with E-state index in [-0.39, 0.29) is 5.97 Å². The molecule has 0 amide bonds. The first-order valence-corrected chi connectivity index (χ1v) is 8.02. The van der Waals surface area contributed by atoms with Crippen LogP contribution in [-0.2, 0) is 14.3 Å². The Labute approximate surface area is 128 Å². The van der Waals surface area contributed by atoms with Gasteiger partial charge in [0.2, 0.25) is 0 Å². The number of allylic oxidation sites excluding steroid dienone is 2. The summed E-state index contributed by atoms with van der Waals surface area (Å²) in [5.74, 6) is -0.363. The Morgan fingerprint density at radius 3 is 2.43 bits per heavy atom. The summed E-state index contributed by atoms with van der Waals surface area (Å²) in [5, 5.41) is 8.51. The number of rotatable bonds is 13. The van der Waals surface area contributed by atoms with Crippen molar-refractivity contribution in [2.75, 3.05) is 6.61 Å². The number of carboxylic acid groups (broad SMARTS) is 1. The number of carbonyl (C=O) groups excluding carboxylic acids is 1. The molecule has 0 radical (unpaired) electrons. The lowest BCUT2D eigenvalue weighted by atomic mass is 10.0. The molecule has 0 aliphatic heterocycles. The van der Waals surface area contributed by atoms with Crippen molar-refractivity contribution >= 4 is 11.9 Å². The van der Waals surface area contributed by atoms with Crippen LogP contribution in [0, 0.1) is 5.92 Å². The van der Waals surface area contributed by atoms with Crippen LogP contribution < -0.4 is 0 Å². The number of esters is 1. The van der Waals surface area contributed by atoms with Crippen molar-refractivity contribution in [2.24, 2.45) is 5.92 Å². The van der Waals surface area contributed by atoms with Crippen molar-refractivity contribution in [2.45, 2.75) is 71.6 Å². The van der Waals surface area contributed by atoms with E-state index in [0.717, 1.165) is 38.5 Å². The lowest BCUT2D eigenvalue weighted by Gasteiger charge is -2.08. The second-order valence-corrected chi connectivity index (χ2v) is 5.64. The van der Waals surface area contributed by atoms with E-state index in [1.807, 2.05) is 0 Å². The molecular weight excluding hydrogens is 268 g/mol. The molecule has 0 spiro atoms. The fourth-order valence-corrected chi connectivity index (χ4v) is 2.04. The smallest absolute Gasteiger partial charge is 0.303 e. The molecule has 0 aromatic carbocycles. The van der Waals surface area contributed by atoms with Gasteiger partial charge in [-0.1, -0.05) is 38.3 Å². The van der Waals surface area contributed by atoms with Gasteiger partial charge in [0.25, 0.3) is 0 Å². The Hall–Kier alpha value is -1.32. The minimum atomic E-state index is -0.694. The number of hydrogen-bond acceptors (Lipinski definition) is 3. The summed E-state index contributed by atoms with van der Waals surface area (Å²) in [5.41, 5.74) is 0. The van der Waals surface area contributed by atoms with E-state index >= 15 is 0 Å². The van der Waals surface area contributed by atoms with Gasteiger partial charge in [0.05, 0.1) is 6.61 Å². The molecule has 4 nitrogen and oxygen atoms in total. The van der Waals surface area contributed by atoms with Crippen LogP contribution in [0.5, 0.6) is 0 Å². The zero-order chi connectivity index (χ0) is 15.9. The molecule has 122 valence electrons. The molecule has 0 fully saturated rings. The maximum atomic E-state index is 10.6. The Balaban J connectivity index is 3.31. The van der Waals surface area contributed by atoms with E-state index in [2.05, 4.69) is 19.1 Å². The summed E-state index contributed by atoms with van der Waals surface area (Å²) in [4.78, 5) is 20.9. The number of ether oxygens (including phenoxy) is 1. The highest BCUT2D eigenvalue weighted by Crippen LogP contribution is 2.11. The predicted molar refractivity (Wildman–Crippen MR) is 84.1 cm³/mol. The topological polar surface area (TPSA) is 63.6 Å². The van der Waals surface area contributed by atoms with Crippen molar-refractivity contribution in [3.05, 3.63) is 12.2 Å². The van der Waals surface area contributed by atoms with Gasteiger partial charge in [0.15, 0.2) is 0 Å². The average Bonchev–Trinajstić information content (AvgIpc) is 2.40. The lowest BCUT2D eigenvalue weighted by Crippen LogP contribution is -2.04. The Kier molecular flexibility index (Phi) is 12.8. The summed E-state index contributed by atoms with van der Waals surface area (Å²) in [6, 6.07) is 0. The van der Waals surface area contributed by atoms with Crippen LogP contribution in [0.15, 0.2) is 12.2 Å². The summed E-state index contributed by atoms with van der Waals surface area (Å²) >= 11 is 0. The molecule has 0 aliphatic rings. The number of aliphatic carboxylic acids is 1. The van der Waals surface area contributed by atoms with Crippen LogP contribution in [0.1, 0.15) is 71.6 Å². The zero-order valence-electron chi connectivity index (χ0n) is 13.5. The quantitative estimate of drug-likeness (QED) is 0.312. The third kappa shape index (κ3) is 16.6. The van der Waals surface area contributed by atoms with Crippen LogP contribution in [0.3, 0.4) is 0 Å². The summed E-state index contributed by atoms with van der Waals surface area (Å²) in [6.45, 7) is 4.11. The summed E-state index contributed by atoms with van der Waals surface area (Å²) in [7, 11) is 0. The minimum Gasteiger partial charge on any atom is -0.481 e. The van der Waals surface area contributed by atoms with Crippen LogP contribution >= 0.6 is 0 Å². The molecule has 0 aromatic heterocycles. The molecule has 1 N–H and O–H groups in total. The number of hydrogen-bond donors (Lipinski definition) is 1. The first-order valence-electron chi connectivity index (χ1n) is 8.02. The largest absolute Gasteiger partial charge is 0.481 e. The molecule has 1 unspecified atom stereocenters. The van der Waals surface area contributed by atoms with Crippen LogP contribution in [0.25, 0.3) is 0 Å². The van der Waals surface area contributed by atoms with Crippen molar-refractivity contribution < 1.29 is 19.4 Å². The first kappa shape index (κ1) is 19.7. The Morgan fingerprint density at radius 1 is 1.10 bits per heavy atom. The van der Waals surface area contributed by atoms with Crippen molar-refractivity contribution in [3.8, 4) is 0 Å². The van der Waals surface area contributed by atoms with E-state index < -0.39 is 5.97 Å². The molecule has 4 heteroatoms. The highest BCUT2D eigenvalue weighted by molar-refractivity contribution is 5.66. The van der Waals surface area contributed by atoms with Crippen molar-refractivity contribution in [1.82, 2.24) is 0 Å². The molecule has 0 rings (SSSR count). The highest BCUT2D eigenvalue weighted by atomic mass is 16.5. The maximum Gasteiger partial charge on any atom is 0.303 e. The predicted octanol–water partition coefficient (Wildman–Crippen LogP) is 4.34.